The summed E-state index contributed by atoms with van der Waals surface area (Å²) in [5.74, 6) is -1.84. The quantitative estimate of drug-likeness (QED) is 0.892. The zero-order valence-electron chi connectivity index (χ0n) is 12.3. The molecule has 0 saturated carbocycles. The van der Waals surface area contributed by atoms with Crippen LogP contribution in [0.2, 0.25) is 0 Å². The largest absolute Gasteiger partial charge is 0.496 e. The second-order valence-electron chi connectivity index (χ2n) is 5.30. The normalized spacial score (nSPS) is 12.4. The van der Waals surface area contributed by atoms with Gasteiger partial charge in [0.05, 0.1) is 7.11 Å². The predicted octanol–water partition coefficient (Wildman–Crippen LogP) is 2.48. The molecule has 2 N–H and O–H groups in total. The minimum absolute atomic E-state index is 0.00383. The van der Waals surface area contributed by atoms with Crippen molar-refractivity contribution in [2.45, 2.75) is 32.4 Å². The molecule has 21 heavy (non-hydrogen) atoms. The van der Waals surface area contributed by atoms with Crippen molar-refractivity contribution in [2.75, 3.05) is 7.11 Å². The number of rotatable bonds is 4. The number of amides is 1. The summed E-state index contributed by atoms with van der Waals surface area (Å²) < 4.78 is 23.3. The van der Waals surface area contributed by atoms with E-state index in [2.05, 4.69) is 5.32 Å². The molecule has 6 nitrogen and oxygen atoms in total. The van der Waals surface area contributed by atoms with Gasteiger partial charge in [-0.05, 0) is 39.0 Å². The Morgan fingerprint density at radius 3 is 2.43 bits per heavy atom. The molecule has 1 amide bonds. The standard InChI is InChI=1S/C14H18FNO5/c1-14(2,3)21-13(19)16-11(12(17)18)9-7-8(15)5-6-10(9)20-4/h5-7,11H,1-4H3,(H,16,19)(H,17,18)/t11-/m1/s1. The van der Waals surface area contributed by atoms with Gasteiger partial charge in [0.2, 0.25) is 0 Å². The SMILES string of the molecule is COc1ccc(F)cc1[C@@H](NC(=O)OC(C)(C)C)C(=O)O. The van der Waals surface area contributed by atoms with Crippen LogP contribution in [0.3, 0.4) is 0 Å². The Balaban J connectivity index is 3.05. The average Bonchev–Trinajstić information content (AvgIpc) is 2.33. The van der Waals surface area contributed by atoms with Crippen LogP contribution in [-0.4, -0.2) is 29.9 Å². The summed E-state index contributed by atoms with van der Waals surface area (Å²) in [6, 6.07) is 1.94. The van der Waals surface area contributed by atoms with Gasteiger partial charge in [-0.25, -0.2) is 14.0 Å². The van der Waals surface area contributed by atoms with Crippen molar-refractivity contribution in [3.63, 3.8) is 0 Å². The Labute approximate surface area is 121 Å². The zero-order chi connectivity index (χ0) is 16.2. The number of hydrogen-bond donors (Lipinski definition) is 2. The number of carboxylic acid groups (broad SMARTS) is 1. The van der Waals surface area contributed by atoms with E-state index in [1.165, 1.54) is 13.2 Å². The Morgan fingerprint density at radius 1 is 1.33 bits per heavy atom. The van der Waals surface area contributed by atoms with Crippen LogP contribution in [0.1, 0.15) is 32.4 Å². The minimum Gasteiger partial charge on any atom is -0.496 e. The number of methoxy groups -OCH3 is 1. The van der Waals surface area contributed by atoms with Crippen LogP contribution in [0.5, 0.6) is 5.75 Å². The van der Waals surface area contributed by atoms with E-state index in [0.29, 0.717) is 0 Å². The second kappa shape index (κ2) is 6.43. The third-order valence-corrected chi connectivity index (χ3v) is 2.41. The van der Waals surface area contributed by atoms with Gasteiger partial charge in [0.1, 0.15) is 17.2 Å². The summed E-state index contributed by atoms with van der Waals surface area (Å²) in [6.45, 7) is 4.93. The third-order valence-electron chi connectivity index (χ3n) is 2.41. The van der Waals surface area contributed by atoms with Crippen molar-refractivity contribution in [3.8, 4) is 5.75 Å². The maximum absolute atomic E-state index is 13.3. The number of ether oxygens (including phenoxy) is 2. The number of carbonyl (C=O) groups excluding carboxylic acids is 1. The summed E-state index contributed by atoms with van der Waals surface area (Å²) >= 11 is 0. The van der Waals surface area contributed by atoms with Crippen LogP contribution in [-0.2, 0) is 9.53 Å². The molecule has 1 atom stereocenters. The van der Waals surface area contributed by atoms with Crippen LogP contribution in [0.25, 0.3) is 0 Å². The van der Waals surface area contributed by atoms with E-state index in [1.54, 1.807) is 20.8 Å². The number of nitrogens with one attached hydrogen (secondary N) is 1. The smallest absolute Gasteiger partial charge is 0.408 e. The molecule has 0 fully saturated rings. The van der Waals surface area contributed by atoms with Crippen LogP contribution < -0.4 is 10.1 Å². The van der Waals surface area contributed by atoms with E-state index < -0.39 is 29.5 Å². The van der Waals surface area contributed by atoms with E-state index in [9.17, 15) is 19.1 Å². The lowest BCUT2D eigenvalue weighted by Gasteiger charge is -2.22. The van der Waals surface area contributed by atoms with Gasteiger partial charge >= 0.3 is 12.1 Å². The summed E-state index contributed by atoms with van der Waals surface area (Å²) in [5.41, 5.74) is -0.782. The topological polar surface area (TPSA) is 84.9 Å². The maximum Gasteiger partial charge on any atom is 0.408 e. The number of hydrogen-bond acceptors (Lipinski definition) is 4. The minimum atomic E-state index is -1.48. The molecule has 7 heteroatoms. The monoisotopic (exact) mass is 299 g/mol. The van der Waals surface area contributed by atoms with Gasteiger partial charge in [-0.15, -0.1) is 0 Å². The van der Waals surface area contributed by atoms with Crippen molar-refractivity contribution in [1.29, 1.82) is 0 Å². The molecule has 0 aliphatic heterocycles. The number of carbonyl (C=O) groups is 2. The number of halogens is 1. The lowest BCUT2D eigenvalue weighted by molar-refractivity contribution is -0.139. The van der Waals surface area contributed by atoms with Crippen LogP contribution >= 0.6 is 0 Å². The van der Waals surface area contributed by atoms with E-state index in [1.807, 2.05) is 0 Å². The average molecular weight is 299 g/mol. The fourth-order valence-electron chi connectivity index (χ4n) is 1.63. The second-order valence-corrected chi connectivity index (χ2v) is 5.30. The van der Waals surface area contributed by atoms with E-state index in [0.717, 1.165) is 12.1 Å². The molecule has 0 aromatic heterocycles. The molecular formula is C14H18FNO5. The van der Waals surface area contributed by atoms with Crippen LogP contribution in [0, 0.1) is 5.82 Å². The Morgan fingerprint density at radius 2 is 1.95 bits per heavy atom. The van der Waals surface area contributed by atoms with Gasteiger partial charge in [-0.3, -0.25) is 0 Å². The molecule has 1 aromatic carbocycles. The number of benzene rings is 1. The van der Waals surface area contributed by atoms with Gasteiger partial charge in [-0.1, -0.05) is 0 Å². The summed E-state index contributed by atoms with van der Waals surface area (Å²) in [7, 11) is 1.32. The molecule has 1 rings (SSSR count). The van der Waals surface area contributed by atoms with Crippen LogP contribution in [0.4, 0.5) is 9.18 Å². The molecule has 0 unspecified atom stereocenters. The highest BCUT2D eigenvalue weighted by atomic mass is 19.1. The van der Waals surface area contributed by atoms with Crippen molar-refractivity contribution in [3.05, 3.63) is 29.6 Å². The highest BCUT2D eigenvalue weighted by Crippen LogP contribution is 2.26. The van der Waals surface area contributed by atoms with Crippen molar-refractivity contribution >= 4 is 12.1 Å². The molecule has 0 heterocycles. The van der Waals surface area contributed by atoms with Gasteiger partial charge in [0.15, 0.2) is 6.04 Å². The van der Waals surface area contributed by atoms with Crippen LogP contribution in [0.15, 0.2) is 18.2 Å². The first kappa shape index (κ1) is 16.7. The highest BCUT2D eigenvalue weighted by molar-refractivity contribution is 5.82. The first-order valence-corrected chi connectivity index (χ1v) is 6.20. The van der Waals surface area contributed by atoms with Gasteiger partial charge in [0.25, 0.3) is 0 Å². The Kier molecular flexibility index (Phi) is 5.12. The van der Waals surface area contributed by atoms with Crippen molar-refractivity contribution < 1.29 is 28.6 Å². The molecule has 0 spiro atoms. The lowest BCUT2D eigenvalue weighted by Crippen LogP contribution is -2.38. The third kappa shape index (κ3) is 4.94. The molecule has 0 bridgehead atoms. The molecule has 0 saturated heterocycles. The first-order chi connectivity index (χ1) is 9.64. The Bertz CT molecular complexity index is 539. The van der Waals surface area contributed by atoms with E-state index in [4.69, 9.17) is 9.47 Å². The zero-order valence-corrected chi connectivity index (χ0v) is 12.3. The fraction of sp³-hybridized carbons (Fsp3) is 0.429. The van der Waals surface area contributed by atoms with Crippen molar-refractivity contribution in [1.82, 2.24) is 5.32 Å². The van der Waals surface area contributed by atoms with E-state index >= 15 is 0 Å². The van der Waals surface area contributed by atoms with Gasteiger partial charge in [0, 0.05) is 5.56 Å². The molecule has 116 valence electrons. The molecule has 1 aromatic rings. The maximum atomic E-state index is 13.3. The Hall–Kier alpha value is -2.31. The van der Waals surface area contributed by atoms with Gasteiger partial charge < -0.3 is 19.9 Å². The summed E-state index contributed by atoms with van der Waals surface area (Å²) in [5, 5.41) is 11.4. The van der Waals surface area contributed by atoms with Gasteiger partial charge in [-0.2, -0.15) is 0 Å². The summed E-state index contributed by atoms with van der Waals surface area (Å²) in [6.07, 6.45) is -0.916. The first-order valence-electron chi connectivity index (χ1n) is 6.20. The highest BCUT2D eigenvalue weighted by Gasteiger charge is 2.28. The molecule has 0 aliphatic carbocycles. The number of carboxylic acids is 1. The van der Waals surface area contributed by atoms with E-state index in [-0.39, 0.29) is 11.3 Å². The molecule has 0 radical (unpaired) electrons. The number of alkyl carbamates (subject to hydrolysis) is 1. The summed E-state index contributed by atoms with van der Waals surface area (Å²) in [4.78, 5) is 23.0. The molecule has 0 aliphatic rings. The fourth-order valence-corrected chi connectivity index (χ4v) is 1.63. The lowest BCUT2D eigenvalue weighted by atomic mass is 10.1. The predicted molar refractivity (Wildman–Crippen MR) is 72.7 cm³/mol. The van der Waals surface area contributed by atoms with Crippen molar-refractivity contribution in [2.24, 2.45) is 0 Å². The number of aliphatic carboxylic acids is 1. The molecular weight excluding hydrogens is 281 g/mol.